The zero-order valence-corrected chi connectivity index (χ0v) is 14.0. The second kappa shape index (κ2) is 6.42. The molecule has 0 spiro atoms. The van der Waals surface area contributed by atoms with Crippen LogP contribution in [0.15, 0.2) is 12.2 Å². The Bertz CT molecular complexity index is 441. The quantitative estimate of drug-likeness (QED) is 0.725. The fourth-order valence-electron chi connectivity index (χ4n) is 5.17. The van der Waals surface area contributed by atoms with Gasteiger partial charge in [0.2, 0.25) is 0 Å². The first-order valence-electron chi connectivity index (χ1n) is 8.44. The lowest BCUT2D eigenvalue weighted by molar-refractivity contribution is -0.228. The zero-order chi connectivity index (χ0) is 16.5. The minimum Gasteiger partial charge on any atom is -0.445 e. The van der Waals surface area contributed by atoms with E-state index in [1.54, 1.807) is 26.4 Å². The second-order valence-corrected chi connectivity index (χ2v) is 7.26. The number of nitrogens with two attached hydrogens (primary N) is 1. The van der Waals surface area contributed by atoms with Gasteiger partial charge in [0.1, 0.15) is 6.61 Å². The van der Waals surface area contributed by atoms with Gasteiger partial charge in [-0.2, -0.15) is 0 Å². The molecule has 0 aromatic rings. The maximum absolute atomic E-state index is 12.0. The molecule has 4 fully saturated rings. The first-order valence-corrected chi connectivity index (χ1v) is 8.44. The molecule has 0 aliphatic heterocycles. The van der Waals surface area contributed by atoms with Crippen LogP contribution < -0.4 is 11.1 Å². The predicted molar refractivity (Wildman–Crippen MR) is 86.0 cm³/mol. The Labute approximate surface area is 137 Å². The molecular weight excluding hydrogens is 296 g/mol. The van der Waals surface area contributed by atoms with Crippen molar-refractivity contribution in [3.05, 3.63) is 12.2 Å². The van der Waals surface area contributed by atoms with E-state index in [9.17, 15) is 4.79 Å². The molecule has 4 aliphatic carbocycles. The summed E-state index contributed by atoms with van der Waals surface area (Å²) in [4.78, 5) is 12.0. The first-order chi connectivity index (χ1) is 11.1. The Kier molecular flexibility index (Phi) is 4.67. The van der Waals surface area contributed by atoms with Crippen molar-refractivity contribution >= 4 is 6.09 Å². The van der Waals surface area contributed by atoms with Crippen molar-refractivity contribution < 1.29 is 19.0 Å². The summed E-state index contributed by atoms with van der Waals surface area (Å²) < 4.78 is 17.0. The normalized spacial score (nSPS) is 41.4. The first kappa shape index (κ1) is 16.7. The van der Waals surface area contributed by atoms with Gasteiger partial charge in [0.25, 0.3) is 0 Å². The summed E-state index contributed by atoms with van der Waals surface area (Å²) in [6, 6.07) is 0.160. The van der Waals surface area contributed by atoms with Crippen molar-refractivity contribution in [2.24, 2.45) is 17.6 Å². The van der Waals surface area contributed by atoms with Gasteiger partial charge in [-0.05, 0) is 43.6 Å². The Balaban J connectivity index is 1.63. The zero-order valence-electron chi connectivity index (χ0n) is 14.0. The fourth-order valence-corrected chi connectivity index (χ4v) is 5.17. The SMILES string of the molecule is COC12CC3CC(OC)(CC(C1)C3NC(=O)OC/C=C/CN)C2. The number of ether oxygens (including phenoxy) is 3. The Morgan fingerprint density at radius 3 is 2.17 bits per heavy atom. The average Bonchev–Trinajstić information content (AvgIpc) is 2.54. The summed E-state index contributed by atoms with van der Waals surface area (Å²) in [7, 11) is 3.61. The highest BCUT2D eigenvalue weighted by molar-refractivity contribution is 5.68. The van der Waals surface area contributed by atoms with Crippen LogP contribution in [-0.2, 0) is 14.2 Å². The molecule has 0 radical (unpaired) electrons. The van der Waals surface area contributed by atoms with Gasteiger partial charge in [-0.25, -0.2) is 4.79 Å². The molecule has 1 amide bonds. The van der Waals surface area contributed by atoms with Gasteiger partial charge in [-0.3, -0.25) is 0 Å². The molecule has 4 saturated carbocycles. The van der Waals surface area contributed by atoms with Crippen molar-refractivity contribution in [1.82, 2.24) is 5.32 Å². The van der Waals surface area contributed by atoms with Crippen LogP contribution >= 0.6 is 0 Å². The van der Waals surface area contributed by atoms with Crippen LogP contribution in [-0.4, -0.2) is 50.7 Å². The Morgan fingerprint density at radius 2 is 1.70 bits per heavy atom. The van der Waals surface area contributed by atoms with Gasteiger partial charge in [0.05, 0.1) is 11.2 Å². The van der Waals surface area contributed by atoms with Crippen LogP contribution in [0.2, 0.25) is 0 Å². The van der Waals surface area contributed by atoms with Gasteiger partial charge in [-0.1, -0.05) is 6.08 Å². The van der Waals surface area contributed by atoms with E-state index in [1.165, 1.54) is 0 Å². The number of nitrogens with one attached hydrogen (secondary N) is 1. The topological polar surface area (TPSA) is 82.8 Å². The summed E-state index contributed by atoms with van der Waals surface area (Å²) >= 11 is 0. The molecule has 6 heteroatoms. The predicted octanol–water partition coefficient (Wildman–Crippen LogP) is 1.59. The molecule has 0 unspecified atom stereocenters. The molecule has 23 heavy (non-hydrogen) atoms. The third kappa shape index (κ3) is 3.12. The number of rotatable bonds is 6. The molecule has 4 aliphatic rings. The van der Waals surface area contributed by atoms with E-state index in [0.717, 1.165) is 32.1 Å². The highest BCUT2D eigenvalue weighted by Crippen LogP contribution is 2.59. The van der Waals surface area contributed by atoms with Crippen LogP contribution in [0, 0.1) is 11.8 Å². The minimum atomic E-state index is -0.345. The molecule has 0 saturated heterocycles. The van der Waals surface area contributed by atoms with Crippen LogP contribution in [0.5, 0.6) is 0 Å². The molecule has 4 bridgehead atoms. The molecule has 0 heterocycles. The van der Waals surface area contributed by atoms with Crippen molar-refractivity contribution in [2.75, 3.05) is 27.4 Å². The van der Waals surface area contributed by atoms with Crippen LogP contribution in [0.4, 0.5) is 4.79 Å². The van der Waals surface area contributed by atoms with Crippen molar-refractivity contribution in [1.29, 1.82) is 0 Å². The maximum atomic E-state index is 12.0. The summed E-state index contributed by atoms with van der Waals surface area (Å²) in [5.41, 5.74) is 5.21. The lowest BCUT2D eigenvalue weighted by Gasteiger charge is -2.63. The van der Waals surface area contributed by atoms with Gasteiger partial charge in [0, 0.05) is 33.2 Å². The smallest absolute Gasteiger partial charge is 0.407 e. The number of amides is 1. The van der Waals surface area contributed by atoms with E-state index >= 15 is 0 Å². The fraction of sp³-hybridized carbons (Fsp3) is 0.824. The lowest BCUT2D eigenvalue weighted by atomic mass is 9.50. The van der Waals surface area contributed by atoms with E-state index in [2.05, 4.69) is 5.32 Å². The average molecular weight is 324 g/mol. The van der Waals surface area contributed by atoms with Gasteiger partial charge >= 0.3 is 6.09 Å². The Hall–Kier alpha value is -1.11. The van der Waals surface area contributed by atoms with Crippen molar-refractivity contribution in [3.63, 3.8) is 0 Å². The third-order valence-corrected chi connectivity index (χ3v) is 5.96. The van der Waals surface area contributed by atoms with Gasteiger partial charge in [0.15, 0.2) is 0 Å². The summed E-state index contributed by atoms with van der Waals surface area (Å²) in [5, 5.41) is 3.08. The van der Waals surface area contributed by atoms with E-state index in [-0.39, 0.29) is 29.9 Å². The number of alkyl carbamates (subject to hydrolysis) is 1. The molecule has 130 valence electrons. The van der Waals surface area contributed by atoms with E-state index < -0.39 is 0 Å². The number of hydrogen-bond acceptors (Lipinski definition) is 5. The van der Waals surface area contributed by atoms with E-state index in [1.807, 2.05) is 0 Å². The molecular formula is C17H28N2O4. The summed E-state index contributed by atoms with van der Waals surface area (Å²) in [5.74, 6) is 0.784. The second-order valence-electron chi connectivity index (χ2n) is 7.26. The number of carbonyl (C=O) groups is 1. The monoisotopic (exact) mass is 324 g/mol. The maximum Gasteiger partial charge on any atom is 0.407 e. The largest absolute Gasteiger partial charge is 0.445 e. The summed E-state index contributed by atoms with van der Waals surface area (Å²) in [6.07, 6.45) is 8.12. The number of carbonyl (C=O) groups excluding carboxylic acids is 1. The van der Waals surface area contributed by atoms with Crippen molar-refractivity contribution in [2.45, 2.75) is 49.3 Å². The van der Waals surface area contributed by atoms with E-state index in [0.29, 0.717) is 18.4 Å². The van der Waals surface area contributed by atoms with Crippen LogP contribution in [0.1, 0.15) is 32.1 Å². The highest BCUT2D eigenvalue weighted by Gasteiger charge is 2.62. The molecule has 4 rings (SSSR count). The van der Waals surface area contributed by atoms with Crippen LogP contribution in [0.3, 0.4) is 0 Å². The lowest BCUT2D eigenvalue weighted by Crippen LogP contribution is -2.68. The molecule has 0 atom stereocenters. The standard InChI is InChI=1S/C17H28N2O4/c1-21-16-7-12-9-17(11-16,22-2)10-13(8-16)14(12)19-15(20)23-6-4-3-5-18/h3-4,12-14H,5-11,18H2,1-2H3,(H,19,20)/b4-3+. The molecule has 6 nitrogen and oxygen atoms in total. The molecule has 0 aromatic heterocycles. The Morgan fingerprint density at radius 1 is 1.13 bits per heavy atom. The minimum absolute atomic E-state index is 0.0756. The summed E-state index contributed by atoms with van der Waals surface area (Å²) in [6.45, 7) is 0.713. The van der Waals surface area contributed by atoms with Crippen molar-refractivity contribution in [3.8, 4) is 0 Å². The van der Waals surface area contributed by atoms with Gasteiger partial charge < -0.3 is 25.3 Å². The van der Waals surface area contributed by atoms with Crippen LogP contribution in [0.25, 0.3) is 0 Å². The number of methoxy groups -OCH3 is 2. The van der Waals surface area contributed by atoms with Gasteiger partial charge in [-0.15, -0.1) is 0 Å². The highest BCUT2D eigenvalue weighted by atomic mass is 16.5. The molecule has 0 aromatic carbocycles. The number of hydrogen-bond donors (Lipinski definition) is 2. The molecule has 3 N–H and O–H groups in total. The third-order valence-electron chi connectivity index (χ3n) is 5.96. The van der Waals surface area contributed by atoms with E-state index in [4.69, 9.17) is 19.9 Å².